The molecule has 2 rings (SSSR count). The molecule has 0 aromatic heterocycles. The quantitative estimate of drug-likeness (QED) is 0.588. The van der Waals surface area contributed by atoms with E-state index in [9.17, 15) is 5.11 Å². The summed E-state index contributed by atoms with van der Waals surface area (Å²) < 4.78 is 0. The first-order valence-electron chi connectivity index (χ1n) is 4.03. The average molecular weight is 164 g/mol. The number of aliphatic hydroxyl groups is 1. The minimum absolute atomic E-state index is 0.0775. The van der Waals surface area contributed by atoms with Gasteiger partial charge in [-0.3, -0.25) is 4.99 Å². The van der Waals surface area contributed by atoms with Crippen LogP contribution in [0.25, 0.3) is 0 Å². The summed E-state index contributed by atoms with van der Waals surface area (Å²) in [4.78, 5) is 6.36. The highest BCUT2D eigenvalue weighted by molar-refractivity contribution is 5.99. The maximum absolute atomic E-state index is 9.45. The lowest BCUT2D eigenvalue weighted by molar-refractivity contribution is 0.413. The van der Waals surface area contributed by atoms with Gasteiger partial charge in [0.1, 0.15) is 0 Å². The molecule has 0 fully saturated rings. The van der Waals surface area contributed by atoms with Gasteiger partial charge in [-0.05, 0) is 26.0 Å². The van der Waals surface area contributed by atoms with Gasteiger partial charge in [0.2, 0.25) is 0 Å². The van der Waals surface area contributed by atoms with Crippen molar-refractivity contribution < 1.29 is 5.11 Å². The largest absolute Gasteiger partial charge is 0.504 e. The van der Waals surface area contributed by atoms with Gasteiger partial charge in [-0.1, -0.05) is 0 Å². The molecule has 1 N–H and O–H groups in total. The molecule has 0 amide bonds. The van der Waals surface area contributed by atoms with Crippen LogP contribution in [-0.4, -0.2) is 27.9 Å². The van der Waals surface area contributed by atoms with E-state index in [0.717, 1.165) is 6.54 Å². The van der Waals surface area contributed by atoms with Crippen LogP contribution < -0.4 is 0 Å². The zero-order valence-electron chi connectivity index (χ0n) is 7.28. The van der Waals surface area contributed by atoms with Crippen molar-refractivity contribution in [3.63, 3.8) is 0 Å². The van der Waals surface area contributed by atoms with E-state index >= 15 is 0 Å². The predicted molar refractivity (Wildman–Crippen MR) is 48.1 cm³/mol. The third kappa shape index (κ3) is 1.02. The highest BCUT2D eigenvalue weighted by Gasteiger charge is 2.32. The van der Waals surface area contributed by atoms with Crippen molar-refractivity contribution in [2.75, 3.05) is 6.54 Å². The molecule has 0 aromatic carbocycles. The standard InChI is InChI=1S/C9H12N2O/c1-9(2)6-11-5-3-4-7(12)8(11)10-9/h3-5,12H,6H2,1-2H3. The second-order valence-corrected chi connectivity index (χ2v) is 3.77. The number of amidine groups is 1. The van der Waals surface area contributed by atoms with Gasteiger partial charge >= 0.3 is 0 Å². The van der Waals surface area contributed by atoms with Crippen LogP contribution in [0.5, 0.6) is 0 Å². The fourth-order valence-electron chi connectivity index (χ4n) is 1.52. The molecule has 2 heterocycles. The summed E-state index contributed by atoms with van der Waals surface area (Å²) in [5.41, 5.74) is -0.0775. The van der Waals surface area contributed by atoms with Crippen LogP contribution in [0.2, 0.25) is 0 Å². The number of aliphatic hydroxyl groups excluding tert-OH is 1. The van der Waals surface area contributed by atoms with Crippen molar-refractivity contribution in [1.29, 1.82) is 0 Å². The Kier molecular flexibility index (Phi) is 1.31. The molecule has 0 saturated heterocycles. The summed E-state index contributed by atoms with van der Waals surface area (Å²) in [6, 6.07) is 0. The Morgan fingerprint density at radius 3 is 3.00 bits per heavy atom. The topological polar surface area (TPSA) is 35.8 Å². The van der Waals surface area contributed by atoms with Crippen LogP contribution in [0.4, 0.5) is 0 Å². The zero-order valence-corrected chi connectivity index (χ0v) is 7.28. The molecule has 2 aliphatic rings. The summed E-state index contributed by atoms with van der Waals surface area (Å²) in [7, 11) is 0. The van der Waals surface area contributed by atoms with Crippen LogP contribution >= 0.6 is 0 Å². The van der Waals surface area contributed by atoms with E-state index in [1.807, 2.05) is 17.2 Å². The monoisotopic (exact) mass is 164 g/mol. The fourth-order valence-corrected chi connectivity index (χ4v) is 1.52. The lowest BCUT2D eigenvalue weighted by Crippen LogP contribution is -2.29. The zero-order chi connectivity index (χ0) is 8.77. The molecule has 12 heavy (non-hydrogen) atoms. The molecule has 0 saturated carbocycles. The van der Waals surface area contributed by atoms with E-state index in [1.54, 1.807) is 6.08 Å². The molecule has 0 radical (unpaired) electrons. The van der Waals surface area contributed by atoms with Crippen molar-refractivity contribution in [1.82, 2.24) is 4.90 Å². The second-order valence-electron chi connectivity index (χ2n) is 3.77. The number of hydrogen-bond acceptors (Lipinski definition) is 3. The van der Waals surface area contributed by atoms with E-state index in [1.165, 1.54) is 0 Å². The summed E-state index contributed by atoms with van der Waals surface area (Å²) in [6.07, 6.45) is 5.43. The van der Waals surface area contributed by atoms with Gasteiger partial charge in [0.05, 0.1) is 5.54 Å². The smallest absolute Gasteiger partial charge is 0.171 e. The van der Waals surface area contributed by atoms with Crippen molar-refractivity contribution in [3.05, 3.63) is 24.1 Å². The molecular weight excluding hydrogens is 152 g/mol. The van der Waals surface area contributed by atoms with Gasteiger partial charge in [-0.2, -0.15) is 0 Å². The second kappa shape index (κ2) is 2.12. The number of nitrogens with zero attached hydrogens (tertiary/aromatic N) is 2. The Hall–Kier alpha value is -1.25. The number of aliphatic imine (C=N–C) groups is 1. The van der Waals surface area contributed by atoms with E-state index < -0.39 is 0 Å². The minimum Gasteiger partial charge on any atom is -0.504 e. The highest BCUT2D eigenvalue weighted by Crippen LogP contribution is 2.24. The fraction of sp³-hybridized carbons (Fsp3) is 0.444. The molecule has 0 aromatic rings. The average Bonchev–Trinajstić information content (AvgIpc) is 2.25. The first-order chi connectivity index (χ1) is 5.58. The summed E-state index contributed by atoms with van der Waals surface area (Å²) in [5.74, 6) is 0.963. The number of allylic oxidation sites excluding steroid dienone is 2. The van der Waals surface area contributed by atoms with E-state index in [2.05, 4.69) is 18.8 Å². The summed E-state index contributed by atoms with van der Waals surface area (Å²) in [5, 5.41) is 9.45. The first-order valence-corrected chi connectivity index (χ1v) is 4.03. The van der Waals surface area contributed by atoms with Crippen LogP contribution in [0.3, 0.4) is 0 Å². The maximum atomic E-state index is 9.45. The van der Waals surface area contributed by atoms with Gasteiger partial charge in [-0.15, -0.1) is 0 Å². The third-order valence-corrected chi connectivity index (χ3v) is 1.99. The van der Waals surface area contributed by atoms with E-state index in [0.29, 0.717) is 5.84 Å². The third-order valence-electron chi connectivity index (χ3n) is 1.99. The lowest BCUT2D eigenvalue weighted by Gasteiger charge is -2.19. The Morgan fingerprint density at radius 1 is 1.58 bits per heavy atom. The number of rotatable bonds is 0. The van der Waals surface area contributed by atoms with Crippen molar-refractivity contribution in [2.24, 2.45) is 4.99 Å². The molecular formula is C9H12N2O. The molecule has 0 aliphatic carbocycles. The van der Waals surface area contributed by atoms with Gasteiger partial charge in [0, 0.05) is 12.7 Å². The highest BCUT2D eigenvalue weighted by atomic mass is 16.3. The number of hydrogen-bond donors (Lipinski definition) is 1. The molecule has 64 valence electrons. The molecule has 2 aliphatic heterocycles. The molecule has 0 atom stereocenters. The Morgan fingerprint density at radius 2 is 2.33 bits per heavy atom. The first kappa shape index (κ1) is 7.40. The maximum Gasteiger partial charge on any atom is 0.171 e. The summed E-state index contributed by atoms with van der Waals surface area (Å²) >= 11 is 0. The minimum atomic E-state index is -0.0775. The van der Waals surface area contributed by atoms with Gasteiger partial charge in [0.25, 0.3) is 0 Å². The normalized spacial score (nSPS) is 25.0. The van der Waals surface area contributed by atoms with E-state index in [-0.39, 0.29) is 11.3 Å². The van der Waals surface area contributed by atoms with Crippen LogP contribution in [-0.2, 0) is 0 Å². The van der Waals surface area contributed by atoms with Crippen molar-refractivity contribution >= 4 is 5.84 Å². The van der Waals surface area contributed by atoms with Crippen molar-refractivity contribution in [2.45, 2.75) is 19.4 Å². The lowest BCUT2D eigenvalue weighted by atomic mass is 10.1. The van der Waals surface area contributed by atoms with Crippen LogP contribution in [0, 0.1) is 0 Å². The van der Waals surface area contributed by atoms with Crippen molar-refractivity contribution in [3.8, 4) is 0 Å². The molecule has 3 nitrogen and oxygen atoms in total. The Balaban J connectivity index is 2.39. The Bertz CT molecular complexity index is 300. The van der Waals surface area contributed by atoms with Gasteiger partial charge in [0.15, 0.2) is 11.6 Å². The SMILES string of the molecule is CC1(C)CN2C=CC=C(O)C2=N1. The van der Waals surface area contributed by atoms with Crippen LogP contribution in [0.15, 0.2) is 29.1 Å². The molecule has 0 bridgehead atoms. The van der Waals surface area contributed by atoms with E-state index in [4.69, 9.17) is 0 Å². The molecule has 0 unspecified atom stereocenters. The predicted octanol–water partition coefficient (Wildman–Crippen LogP) is 1.45. The van der Waals surface area contributed by atoms with Gasteiger partial charge < -0.3 is 10.0 Å². The van der Waals surface area contributed by atoms with Gasteiger partial charge in [-0.25, -0.2) is 0 Å². The Labute approximate surface area is 71.7 Å². The molecule has 3 heteroatoms. The molecule has 0 spiro atoms. The summed E-state index contributed by atoms with van der Waals surface area (Å²) in [6.45, 7) is 4.95. The van der Waals surface area contributed by atoms with Crippen LogP contribution in [0.1, 0.15) is 13.8 Å². The number of fused-ring (bicyclic) bond motifs is 1.